The summed E-state index contributed by atoms with van der Waals surface area (Å²) < 4.78 is 40.8. The second kappa shape index (κ2) is 6.94. The number of rotatable bonds is 5. The highest BCUT2D eigenvalue weighted by molar-refractivity contribution is 5.81. The van der Waals surface area contributed by atoms with Gasteiger partial charge in [0.25, 0.3) is 0 Å². The Kier molecular flexibility index (Phi) is 5.87. The van der Waals surface area contributed by atoms with Crippen molar-refractivity contribution in [2.75, 3.05) is 19.8 Å². The minimum absolute atomic E-state index is 0.00919. The number of ether oxygens (including phenoxy) is 1. The predicted molar refractivity (Wildman–Crippen MR) is 59.8 cm³/mol. The van der Waals surface area contributed by atoms with Crippen LogP contribution >= 0.6 is 0 Å². The molecule has 1 amide bonds. The maximum Gasteiger partial charge on any atom is 0.389 e. The van der Waals surface area contributed by atoms with E-state index < -0.39 is 18.6 Å². The third-order valence-corrected chi connectivity index (χ3v) is 3.01. The molecule has 0 aromatic heterocycles. The Balaban J connectivity index is 2.19. The third kappa shape index (κ3) is 5.68. The molecule has 1 aliphatic rings. The molecule has 1 unspecified atom stereocenters. The van der Waals surface area contributed by atoms with Crippen molar-refractivity contribution in [3.8, 4) is 0 Å². The van der Waals surface area contributed by atoms with Gasteiger partial charge in [0.15, 0.2) is 0 Å². The molecule has 4 nitrogen and oxygen atoms in total. The zero-order chi connectivity index (χ0) is 13.6. The first kappa shape index (κ1) is 15.2. The molecule has 1 rings (SSSR count). The highest BCUT2D eigenvalue weighted by atomic mass is 19.4. The smallest absolute Gasteiger partial charge is 0.381 e. The molecule has 1 heterocycles. The maximum atomic E-state index is 11.9. The van der Waals surface area contributed by atoms with Crippen molar-refractivity contribution < 1.29 is 22.7 Å². The van der Waals surface area contributed by atoms with Gasteiger partial charge < -0.3 is 15.8 Å². The third-order valence-electron chi connectivity index (χ3n) is 3.01. The van der Waals surface area contributed by atoms with E-state index in [4.69, 9.17) is 10.5 Å². The molecule has 1 atom stereocenters. The van der Waals surface area contributed by atoms with Crippen LogP contribution in [-0.4, -0.2) is 37.9 Å². The first-order valence-corrected chi connectivity index (χ1v) is 6.08. The van der Waals surface area contributed by atoms with Crippen LogP contribution in [0.5, 0.6) is 0 Å². The van der Waals surface area contributed by atoms with E-state index in [1.54, 1.807) is 0 Å². The van der Waals surface area contributed by atoms with Gasteiger partial charge in [0.05, 0.1) is 6.04 Å². The van der Waals surface area contributed by atoms with E-state index >= 15 is 0 Å². The molecule has 0 radical (unpaired) electrons. The summed E-state index contributed by atoms with van der Waals surface area (Å²) in [5, 5.41) is 2.45. The number of halogens is 3. The van der Waals surface area contributed by atoms with Gasteiger partial charge in [-0.05, 0) is 25.2 Å². The minimum Gasteiger partial charge on any atom is -0.381 e. The van der Waals surface area contributed by atoms with Gasteiger partial charge in [-0.3, -0.25) is 4.79 Å². The summed E-state index contributed by atoms with van der Waals surface area (Å²) in [5.74, 6) is -0.314. The molecular formula is C11H19F3N2O2. The van der Waals surface area contributed by atoms with Gasteiger partial charge in [-0.2, -0.15) is 13.2 Å². The van der Waals surface area contributed by atoms with Crippen LogP contribution in [0.3, 0.4) is 0 Å². The van der Waals surface area contributed by atoms with Gasteiger partial charge in [0.2, 0.25) is 5.91 Å². The normalized spacial score (nSPS) is 19.6. The lowest BCUT2D eigenvalue weighted by Gasteiger charge is -2.26. The van der Waals surface area contributed by atoms with Crippen molar-refractivity contribution in [2.45, 2.75) is 37.9 Å². The Hall–Kier alpha value is -0.820. The maximum absolute atomic E-state index is 11.9. The number of hydrogen-bond acceptors (Lipinski definition) is 3. The zero-order valence-corrected chi connectivity index (χ0v) is 10.1. The van der Waals surface area contributed by atoms with Gasteiger partial charge in [0.1, 0.15) is 0 Å². The van der Waals surface area contributed by atoms with Gasteiger partial charge in [-0.25, -0.2) is 0 Å². The van der Waals surface area contributed by atoms with E-state index in [1.165, 1.54) is 0 Å². The number of nitrogens with one attached hydrogen (secondary N) is 1. The SMILES string of the molecule is NC(C(=O)NCCCC(F)(F)F)C1CCOCC1. The summed E-state index contributed by atoms with van der Waals surface area (Å²) in [6, 6.07) is -0.653. The van der Waals surface area contributed by atoms with Crippen molar-refractivity contribution in [1.29, 1.82) is 0 Å². The largest absolute Gasteiger partial charge is 0.389 e. The fraction of sp³-hybridized carbons (Fsp3) is 0.909. The average Bonchev–Trinajstić information content (AvgIpc) is 2.33. The monoisotopic (exact) mass is 268 g/mol. The van der Waals surface area contributed by atoms with E-state index in [9.17, 15) is 18.0 Å². The molecule has 7 heteroatoms. The Morgan fingerprint density at radius 3 is 2.56 bits per heavy atom. The predicted octanol–water partition coefficient (Wildman–Crippen LogP) is 1.20. The molecule has 1 fully saturated rings. The highest BCUT2D eigenvalue weighted by Gasteiger charge is 2.28. The first-order valence-electron chi connectivity index (χ1n) is 6.08. The van der Waals surface area contributed by atoms with Crippen molar-refractivity contribution in [3.05, 3.63) is 0 Å². The van der Waals surface area contributed by atoms with Gasteiger partial charge in [-0.1, -0.05) is 0 Å². The number of nitrogens with two attached hydrogens (primary N) is 1. The van der Waals surface area contributed by atoms with Gasteiger partial charge >= 0.3 is 6.18 Å². The summed E-state index contributed by atoms with van der Waals surface area (Å²) in [6.07, 6.45) is -3.74. The molecule has 0 aromatic rings. The number of hydrogen-bond donors (Lipinski definition) is 2. The average molecular weight is 268 g/mol. The van der Waals surface area contributed by atoms with Crippen LogP contribution in [0.2, 0.25) is 0 Å². The number of carbonyl (C=O) groups excluding carboxylic acids is 1. The molecular weight excluding hydrogens is 249 g/mol. The summed E-state index contributed by atoms with van der Waals surface area (Å²) >= 11 is 0. The summed E-state index contributed by atoms with van der Waals surface area (Å²) in [7, 11) is 0. The Labute approximate surface area is 104 Å². The quantitative estimate of drug-likeness (QED) is 0.736. The highest BCUT2D eigenvalue weighted by Crippen LogP contribution is 2.21. The summed E-state index contributed by atoms with van der Waals surface area (Å²) in [4.78, 5) is 11.6. The van der Waals surface area contributed by atoms with Gasteiger partial charge in [0, 0.05) is 26.2 Å². The van der Waals surface area contributed by atoms with Crippen LogP contribution in [0.15, 0.2) is 0 Å². The van der Waals surface area contributed by atoms with Crippen molar-refractivity contribution in [1.82, 2.24) is 5.32 Å². The molecule has 3 N–H and O–H groups in total. The van der Waals surface area contributed by atoms with E-state index in [2.05, 4.69) is 5.32 Å². The van der Waals surface area contributed by atoms with Crippen LogP contribution in [0, 0.1) is 5.92 Å². The lowest BCUT2D eigenvalue weighted by molar-refractivity contribution is -0.136. The lowest BCUT2D eigenvalue weighted by atomic mass is 9.92. The molecule has 0 saturated carbocycles. The molecule has 0 aliphatic carbocycles. The molecule has 1 aliphatic heterocycles. The standard InChI is InChI=1S/C11H19F3N2O2/c12-11(13,14)4-1-5-16-10(17)9(15)8-2-6-18-7-3-8/h8-9H,1-7,15H2,(H,16,17). The lowest BCUT2D eigenvalue weighted by Crippen LogP contribution is -2.47. The topological polar surface area (TPSA) is 64.4 Å². The van der Waals surface area contributed by atoms with Crippen molar-refractivity contribution in [3.63, 3.8) is 0 Å². The zero-order valence-electron chi connectivity index (χ0n) is 10.1. The molecule has 106 valence electrons. The van der Waals surface area contributed by atoms with Crippen molar-refractivity contribution in [2.24, 2.45) is 11.7 Å². The fourth-order valence-electron chi connectivity index (χ4n) is 1.91. The Morgan fingerprint density at radius 2 is 2.00 bits per heavy atom. The number of alkyl halides is 3. The molecule has 18 heavy (non-hydrogen) atoms. The number of carbonyl (C=O) groups is 1. The number of amides is 1. The second-order valence-electron chi connectivity index (χ2n) is 4.49. The van der Waals surface area contributed by atoms with E-state index in [-0.39, 0.29) is 24.8 Å². The van der Waals surface area contributed by atoms with Crippen LogP contribution in [0.4, 0.5) is 13.2 Å². The van der Waals surface area contributed by atoms with Crippen LogP contribution in [-0.2, 0) is 9.53 Å². The van der Waals surface area contributed by atoms with Crippen molar-refractivity contribution >= 4 is 5.91 Å². The van der Waals surface area contributed by atoms with E-state index in [0.29, 0.717) is 13.2 Å². The van der Waals surface area contributed by atoms with Crippen LogP contribution < -0.4 is 11.1 Å². The molecule has 0 aromatic carbocycles. The second-order valence-corrected chi connectivity index (χ2v) is 4.49. The first-order chi connectivity index (χ1) is 8.40. The molecule has 0 spiro atoms. The Bertz CT molecular complexity index is 266. The van der Waals surface area contributed by atoms with E-state index in [1.807, 2.05) is 0 Å². The molecule has 1 saturated heterocycles. The van der Waals surface area contributed by atoms with E-state index in [0.717, 1.165) is 12.8 Å². The Morgan fingerprint density at radius 1 is 1.39 bits per heavy atom. The summed E-state index contributed by atoms with van der Waals surface area (Å²) in [6.45, 7) is 1.18. The molecule has 0 bridgehead atoms. The van der Waals surface area contributed by atoms with Crippen LogP contribution in [0.25, 0.3) is 0 Å². The minimum atomic E-state index is -4.17. The fourth-order valence-corrected chi connectivity index (χ4v) is 1.91. The van der Waals surface area contributed by atoms with Gasteiger partial charge in [-0.15, -0.1) is 0 Å². The van der Waals surface area contributed by atoms with Crippen LogP contribution in [0.1, 0.15) is 25.7 Å². The summed E-state index contributed by atoms with van der Waals surface area (Å²) in [5.41, 5.74) is 5.77.